The highest BCUT2D eigenvalue weighted by Crippen LogP contribution is 2.47. The molecule has 1 atom stereocenters. The van der Waals surface area contributed by atoms with Gasteiger partial charge in [0.2, 0.25) is 11.7 Å². The molecule has 8 nitrogen and oxygen atoms in total. The third kappa shape index (κ3) is 3.12. The van der Waals surface area contributed by atoms with Crippen molar-refractivity contribution in [1.82, 2.24) is 25.0 Å². The lowest BCUT2D eigenvalue weighted by atomic mass is 9.86. The first-order chi connectivity index (χ1) is 13.8. The first kappa shape index (κ1) is 18.7. The molecule has 1 aliphatic heterocycles. The van der Waals surface area contributed by atoms with E-state index in [1.807, 2.05) is 6.07 Å². The summed E-state index contributed by atoms with van der Waals surface area (Å²) in [4.78, 5) is 24.1. The zero-order chi connectivity index (χ0) is 20.6. The number of carbonyl (C=O) groups excluding carboxylic acids is 1. The molecule has 0 spiro atoms. The zero-order valence-electron chi connectivity index (χ0n) is 14.8. The Kier molecular flexibility index (Phi) is 4.34. The summed E-state index contributed by atoms with van der Waals surface area (Å²) in [5, 5.41) is 12.5. The summed E-state index contributed by atoms with van der Waals surface area (Å²) in [5.74, 6) is -1.24. The molecule has 29 heavy (non-hydrogen) atoms. The second-order valence-corrected chi connectivity index (χ2v) is 6.62. The zero-order valence-corrected chi connectivity index (χ0v) is 14.8. The first-order valence-corrected chi connectivity index (χ1v) is 8.54. The van der Waals surface area contributed by atoms with E-state index in [1.54, 1.807) is 12.1 Å². The Bertz CT molecular complexity index is 1080. The van der Waals surface area contributed by atoms with Gasteiger partial charge in [0.05, 0.1) is 0 Å². The monoisotopic (exact) mass is 402 g/mol. The standard InChI is InChI=1S/C18H13F3N6O2/c19-18(20,21)17(16-25-14(26-29-16)11-2-1-6-23-9-11)5-7-27(10-17)15(28)13-4-3-12(8-22)24-13/h1-4,6,9,24H,5,7,10H2. The van der Waals surface area contributed by atoms with E-state index in [9.17, 15) is 18.0 Å². The highest BCUT2D eigenvalue weighted by molar-refractivity contribution is 5.93. The molecule has 148 valence electrons. The average molecular weight is 402 g/mol. The van der Waals surface area contributed by atoms with Gasteiger partial charge in [0.1, 0.15) is 17.5 Å². The summed E-state index contributed by atoms with van der Waals surface area (Å²) < 4.78 is 47.2. The lowest BCUT2D eigenvalue weighted by Gasteiger charge is -2.27. The number of alkyl halides is 3. The number of aromatic nitrogens is 4. The molecule has 4 heterocycles. The van der Waals surface area contributed by atoms with Gasteiger partial charge in [-0.05, 0) is 30.7 Å². The number of carbonyl (C=O) groups is 1. The molecular weight excluding hydrogens is 389 g/mol. The van der Waals surface area contributed by atoms with Crippen LogP contribution in [0.4, 0.5) is 13.2 Å². The fraction of sp³-hybridized carbons (Fsp3) is 0.278. The SMILES string of the molecule is N#Cc1ccc(C(=O)N2CCC(c3nc(-c4cccnc4)no3)(C(F)(F)F)C2)[nH]1. The molecule has 4 rings (SSSR count). The highest BCUT2D eigenvalue weighted by Gasteiger charge is 2.63. The van der Waals surface area contributed by atoms with Crippen LogP contribution in [0.15, 0.2) is 41.2 Å². The Labute approximate surface area is 162 Å². The van der Waals surface area contributed by atoms with E-state index in [1.165, 1.54) is 24.5 Å². The topological polar surface area (TPSA) is 112 Å². The number of nitriles is 1. The van der Waals surface area contributed by atoms with Gasteiger partial charge in [0.15, 0.2) is 5.41 Å². The third-order valence-corrected chi connectivity index (χ3v) is 4.89. The molecule has 1 aliphatic rings. The van der Waals surface area contributed by atoms with E-state index >= 15 is 0 Å². The Morgan fingerprint density at radius 2 is 2.17 bits per heavy atom. The molecule has 0 aliphatic carbocycles. The fourth-order valence-corrected chi connectivity index (χ4v) is 3.30. The Balaban J connectivity index is 1.65. The van der Waals surface area contributed by atoms with E-state index in [0.29, 0.717) is 5.56 Å². The maximum atomic E-state index is 14.1. The summed E-state index contributed by atoms with van der Waals surface area (Å²) >= 11 is 0. The minimum absolute atomic E-state index is 0.00969. The fourth-order valence-electron chi connectivity index (χ4n) is 3.30. The van der Waals surface area contributed by atoms with Crippen LogP contribution >= 0.6 is 0 Å². The number of amides is 1. The second-order valence-electron chi connectivity index (χ2n) is 6.62. The molecule has 1 N–H and O–H groups in total. The van der Waals surface area contributed by atoms with Crippen molar-refractivity contribution >= 4 is 5.91 Å². The van der Waals surface area contributed by atoms with Gasteiger partial charge >= 0.3 is 6.18 Å². The largest absolute Gasteiger partial charge is 0.405 e. The number of nitrogens with one attached hydrogen (secondary N) is 1. The van der Waals surface area contributed by atoms with Crippen LogP contribution in [-0.2, 0) is 5.41 Å². The van der Waals surface area contributed by atoms with Crippen LogP contribution in [0.25, 0.3) is 11.4 Å². The van der Waals surface area contributed by atoms with Gasteiger partial charge in [0.25, 0.3) is 5.91 Å². The number of hydrogen-bond acceptors (Lipinski definition) is 6. The molecule has 0 radical (unpaired) electrons. The molecule has 0 saturated carbocycles. The maximum absolute atomic E-state index is 14.1. The quantitative estimate of drug-likeness (QED) is 0.721. The summed E-state index contributed by atoms with van der Waals surface area (Å²) in [5.41, 5.74) is -1.87. The Morgan fingerprint density at radius 1 is 1.34 bits per heavy atom. The number of aromatic amines is 1. The summed E-state index contributed by atoms with van der Waals surface area (Å²) in [6.45, 7) is -0.811. The molecule has 3 aromatic rings. The minimum atomic E-state index is -4.71. The van der Waals surface area contributed by atoms with Crippen molar-refractivity contribution in [3.8, 4) is 17.5 Å². The predicted molar refractivity (Wildman–Crippen MR) is 91.3 cm³/mol. The van der Waals surface area contributed by atoms with Gasteiger partial charge < -0.3 is 14.4 Å². The van der Waals surface area contributed by atoms with Crippen molar-refractivity contribution in [2.75, 3.05) is 13.1 Å². The number of halogens is 3. The van der Waals surface area contributed by atoms with Gasteiger partial charge in [-0.3, -0.25) is 9.78 Å². The molecule has 1 unspecified atom stereocenters. The van der Waals surface area contributed by atoms with Gasteiger partial charge in [0, 0.05) is 31.0 Å². The van der Waals surface area contributed by atoms with Crippen LogP contribution in [0.3, 0.4) is 0 Å². The first-order valence-electron chi connectivity index (χ1n) is 8.54. The van der Waals surface area contributed by atoms with E-state index < -0.39 is 36.4 Å². The third-order valence-electron chi connectivity index (χ3n) is 4.89. The van der Waals surface area contributed by atoms with Crippen LogP contribution < -0.4 is 0 Å². The molecular formula is C18H13F3N6O2. The van der Waals surface area contributed by atoms with Gasteiger partial charge in [-0.1, -0.05) is 5.16 Å². The summed E-state index contributed by atoms with van der Waals surface area (Å²) in [6.07, 6.45) is -2.20. The van der Waals surface area contributed by atoms with E-state index in [-0.39, 0.29) is 23.8 Å². The van der Waals surface area contributed by atoms with Crippen molar-refractivity contribution < 1.29 is 22.5 Å². The number of nitrogens with zero attached hydrogens (tertiary/aromatic N) is 5. The smallest absolute Gasteiger partial charge is 0.342 e. The summed E-state index contributed by atoms with van der Waals surface area (Å²) in [6, 6.07) is 7.79. The molecule has 1 saturated heterocycles. The van der Waals surface area contributed by atoms with Crippen LogP contribution in [-0.4, -0.2) is 50.2 Å². The van der Waals surface area contributed by atoms with E-state index in [0.717, 1.165) is 4.90 Å². The lowest BCUT2D eigenvalue weighted by molar-refractivity contribution is -0.193. The van der Waals surface area contributed by atoms with Crippen LogP contribution in [0.2, 0.25) is 0 Å². The number of likely N-dealkylation sites (tertiary alicyclic amines) is 1. The number of rotatable bonds is 3. The average Bonchev–Trinajstić information content (AvgIpc) is 3.46. The number of pyridine rings is 1. The minimum Gasteiger partial charge on any atom is -0.342 e. The van der Waals surface area contributed by atoms with Gasteiger partial charge in [-0.15, -0.1) is 0 Å². The van der Waals surface area contributed by atoms with Crippen molar-refractivity contribution in [2.45, 2.75) is 18.0 Å². The van der Waals surface area contributed by atoms with Crippen LogP contribution in [0.5, 0.6) is 0 Å². The van der Waals surface area contributed by atoms with E-state index in [2.05, 4.69) is 20.1 Å². The van der Waals surface area contributed by atoms with Crippen molar-refractivity contribution in [1.29, 1.82) is 5.26 Å². The predicted octanol–water partition coefficient (Wildman–Crippen LogP) is 2.68. The molecule has 1 amide bonds. The van der Waals surface area contributed by atoms with Gasteiger partial charge in [-0.2, -0.15) is 23.4 Å². The molecule has 0 bridgehead atoms. The molecule has 1 fully saturated rings. The normalized spacial score (nSPS) is 19.3. The second kappa shape index (κ2) is 6.73. The molecule has 0 aromatic carbocycles. The van der Waals surface area contributed by atoms with Crippen molar-refractivity contribution in [3.63, 3.8) is 0 Å². The Hall–Kier alpha value is -3.68. The Morgan fingerprint density at radius 3 is 2.83 bits per heavy atom. The maximum Gasteiger partial charge on any atom is 0.405 e. The summed E-state index contributed by atoms with van der Waals surface area (Å²) in [7, 11) is 0. The van der Waals surface area contributed by atoms with Crippen molar-refractivity contribution in [2.24, 2.45) is 0 Å². The van der Waals surface area contributed by atoms with Crippen molar-refractivity contribution in [3.05, 3.63) is 53.9 Å². The highest BCUT2D eigenvalue weighted by atomic mass is 19.4. The van der Waals surface area contributed by atoms with Gasteiger partial charge in [-0.25, -0.2) is 0 Å². The van der Waals surface area contributed by atoms with E-state index in [4.69, 9.17) is 9.78 Å². The molecule has 3 aromatic heterocycles. The van der Waals surface area contributed by atoms with Crippen LogP contribution in [0, 0.1) is 11.3 Å². The number of hydrogen-bond donors (Lipinski definition) is 1. The lowest BCUT2D eigenvalue weighted by Crippen LogP contribution is -2.46. The molecule has 11 heteroatoms. The number of H-pyrrole nitrogens is 1. The van der Waals surface area contributed by atoms with Crippen LogP contribution in [0.1, 0.15) is 28.5 Å².